The van der Waals surface area contributed by atoms with Crippen molar-refractivity contribution < 1.29 is 9.72 Å². The Labute approximate surface area is 177 Å². The van der Waals surface area contributed by atoms with Gasteiger partial charge in [0, 0.05) is 41.0 Å². The van der Waals surface area contributed by atoms with Crippen LogP contribution in [0.2, 0.25) is 0 Å². The van der Waals surface area contributed by atoms with Gasteiger partial charge in [0.1, 0.15) is 5.82 Å². The highest BCUT2D eigenvalue weighted by Gasteiger charge is 2.38. The largest absolute Gasteiger partial charge is 0.343 e. The summed E-state index contributed by atoms with van der Waals surface area (Å²) in [6.07, 6.45) is 2.72. The number of nitrogens with zero attached hydrogens (tertiary/aromatic N) is 2. The number of nitrogens with one attached hydrogen (secondary N) is 2. The van der Waals surface area contributed by atoms with Gasteiger partial charge in [-0.1, -0.05) is 37.7 Å². The molecule has 156 valence electrons. The van der Waals surface area contributed by atoms with Crippen LogP contribution < -0.4 is 10.9 Å². The Morgan fingerprint density at radius 3 is 2.87 bits per heavy atom. The number of Topliss-reactive ketones (excluding diaryl/α,β-unsaturated/α-hetero) is 1. The van der Waals surface area contributed by atoms with E-state index in [1.165, 1.54) is 23.9 Å². The fourth-order valence-electron chi connectivity index (χ4n) is 3.92. The molecule has 2 heterocycles. The summed E-state index contributed by atoms with van der Waals surface area (Å²) < 4.78 is 0. The van der Waals surface area contributed by atoms with E-state index >= 15 is 0 Å². The molecule has 2 N–H and O–H groups in total. The number of ketones is 1. The molecule has 2 aliphatic rings. The zero-order valence-corrected chi connectivity index (χ0v) is 17.5. The van der Waals surface area contributed by atoms with Crippen molar-refractivity contribution in [2.24, 2.45) is 0 Å². The van der Waals surface area contributed by atoms with E-state index in [9.17, 15) is 19.7 Å². The number of allylic oxidation sites excluding steroid dienone is 2. The van der Waals surface area contributed by atoms with Crippen molar-refractivity contribution in [2.75, 3.05) is 5.32 Å². The average Bonchev–Trinajstić information content (AvgIpc) is 2.72. The van der Waals surface area contributed by atoms with E-state index < -0.39 is 10.8 Å². The maximum absolute atomic E-state index is 13.1. The minimum absolute atomic E-state index is 0.0386. The Morgan fingerprint density at radius 2 is 2.13 bits per heavy atom. The quantitative estimate of drug-likeness (QED) is 0.319. The molecule has 0 fully saturated rings. The van der Waals surface area contributed by atoms with Gasteiger partial charge in [-0.25, -0.2) is 4.98 Å². The maximum atomic E-state index is 13.1. The van der Waals surface area contributed by atoms with Crippen LogP contribution in [0, 0.1) is 10.1 Å². The normalized spacial score (nSPS) is 19.0. The smallest absolute Gasteiger partial charge is 0.269 e. The molecule has 8 nitrogen and oxygen atoms in total. The minimum atomic E-state index is -0.678. The number of nitro groups is 1. The fourth-order valence-corrected chi connectivity index (χ4v) is 4.76. The Hall–Kier alpha value is -2.94. The van der Waals surface area contributed by atoms with Gasteiger partial charge in [0.25, 0.3) is 11.2 Å². The molecule has 2 atom stereocenters. The molecule has 1 aromatic heterocycles. The summed E-state index contributed by atoms with van der Waals surface area (Å²) in [7, 11) is 0. The first kappa shape index (κ1) is 20.3. The topological polar surface area (TPSA) is 118 Å². The lowest BCUT2D eigenvalue weighted by atomic mass is 9.76. The zero-order valence-electron chi connectivity index (χ0n) is 16.7. The first-order valence-corrected chi connectivity index (χ1v) is 10.9. The van der Waals surface area contributed by atoms with Crippen LogP contribution in [0.4, 0.5) is 11.5 Å². The van der Waals surface area contributed by atoms with Crippen LogP contribution in [-0.4, -0.2) is 25.9 Å². The van der Waals surface area contributed by atoms with Crippen LogP contribution in [0.3, 0.4) is 0 Å². The molecule has 0 saturated carbocycles. The molecule has 0 amide bonds. The third-order valence-corrected chi connectivity index (χ3v) is 6.69. The Balaban J connectivity index is 1.90. The van der Waals surface area contributed by atoms with Gasteiger partial charge in [0.15, 0.2) is 10.9 Å². The Bertz CT molecular complexity index is 1120. The number of carbonyl (C=O) groups is 1. The van der Waals surface area contributed by atoms with Crippen molar-refractivity contribution in [2.45, 2.75) is 55.9 Å². The molecule has 0 saturated heterocycles. The van der Waals surface area contributed by atoms with Gasteiger partial charge in [-0.15, -0.1) is 0 Å². The number of aromatic amines is 1. The number of aromatic nitrogens is 2. The molecule has 0 radical (unpaired) electrons. The van der Waals surface area contributed by atoms with Crippen molar-refractivity contribution in [3.63, 3.8) is 0 Å². The Kier molecular flexibility index (Phi) is 5.46. The number of carbonyl (C=O) groups excluding carboxylic acids is 1. The average molecular weight is 426 g/mol. The first-order valence-electron chi connectivity index (χ1n) is 9.97. The van der Waals surface area contributed by atoms with E-state index in [4.69, 9.17) is 0 Å². The predicted octanol–water partition coefficient (Wildman–Crippen LogP) is 4.13. The molecule has 1 aliphatic carbocycles. The van der Waals surface area contributed by atoms with E-state index in [2.05, 4.69) is 29.1 Å². The number of thioether (sulfide) groups is 1. The molecule has 9 heteroatoms. The van der Waals surface area contributed by atoms with Crippen LogP contribution in [0.1, 0.15) is 56.6 Å². The van der Waals surface area contributed by atoms with Crippen molar-refractivity contribution in [3.8, 4) is 0 Å². The van der Waals surface area contributed by atoms with Crippen molar-refractivity contribution in [1.82, 2.24) is 9.97 Å². The first-order chi connectivity index (χ1) is 14.4. The molecular weight excluding hydrogens is 404 g/mol. The third-order valence-electron chi connectivity index (χ3n) is 5.54. The van der Waals surface area contributed by atoms with Crippen molar-refractivity contribution in [3.05, 3.63) is 67.1 Å². The van der Waals surface area contributed by atoms with Crippen LogP contribution in [0.5, 0.6) is 0 Å². The summed E-state index contributed by atoms with van der Waals surface area (Å²) in [6.45, 7) is 4.12. The molecule has 30 heavy (non-hydrogen) atoms. The molecular formula is C21H22N4O4S. The van der Waals surface area contributed by atoms with Gasteiger partial charge >= 0.3 is 0 Å². The van der Waals surface area contributed by atoms with E-state index in [0.717, 1.165) is 18.5 Å². The highest BCUT2D eigenvalue weighted by atomic mass is 32.2. The van der Waals surface area contributed by atoms with Crippen LogP contribution >= 0.6 is 11.8 Å². The van der Waals surface area contributed by atoms with Crippen LogP contribution in [0.15, 0.2) is 45.5 Å². The lowest BCUT2D eigenvalue weighted by molar-refractivity contribution is -0.384. The van der Waals surface area contributed by atoms with E-state index in [-0.39, 0.29) is 22.3 Å². The zero-order chi connectivity index (χ0) is 21.4. The summed E-state index contributed by atoms with van der Waals surface area (Å²) in [5.74, 6) is -0.291. The monoisotopic (exact) mass is 426 g/mol. The lowest BCUT2D eigenvalue weighted by Crippen LogP contribution is -2.32. The second-order valence-electron chi connectivity index (χ2n) is 7.55. The number of H-pyrrole nitrogens is 1. The highest BCUT2D eigenvalue weighted by molar-refractivity contribution is 7.99. The van der Waals surface area contributed by atoms with E-state index in [1.54, 1.807) is 12.1 Å². The number of fused-ring (bicyclic) bond motifs is 1. The molecule has 0 spiro atoms. The summed E-state index contributed by atoms with van der Waals surface area (Å²) in [5, 5.41) is 15.3. The highest BCUT2D eigenvalue weighted by Crippen LogP contribution is 2.44. The fraction of sp³-hybridized carbons (Fsp3) is 0.381. The number of nitro benzene ring substituents is 1. The molecule has 1 aromatic carbocycles. The van der Waals surface area contributed by atoms with Gasteiger partial charge in [-0.2, -0.15) is 0 Å². The number of benzene rings is 1. The van der Waals surface area contributed by atoms with Crippen molar-refractivity contribution in [1.29, 1.82) is 0 Å². The number of anilines is 1. The molecule has 0 bridgehead atoms. The van der Waals surface area contributed by atoms with Gasteiger partial charge in [-0.05, 0) is 24.8 Å². The summed E-state index contributed by atoms with van der Waals surface area (Å²) in [4.78, 5) is 44.2. The molecule has 2 unspecified atom stereocenters. The number of hydrogen-bond donors (Lipinski definition) is 2. The van der Waals surface area contributed by atoms with Crippen molar-refractivity contribution >= 4 is 29.1 Å². The third kappa shape index (κ3) is 3.65. The van der Waals surface area contributed by atoms with Gasteiger partial charge in [-0.3, -0.25) is 19.7 Å². The van der Waals surface area contributed by atoms with E-state index in [0.29, 0.717) is 40.5 Å². The number of rotatable bonds is 5. The molecule has 1 aliphatic heterocycles. The van der Waals surface area contributed by atoms with Gasteiger partial charge in [0.05, 0.1) is 10.5 Å². The van der Waals surface area contributed by atoms with Crippen LogP contribution in [0.25, 0.3) is 0 Å². The summed E-state index contributed by atoms with van der Waals surface area (Å²) >= 11 is 1.48. The molecule has 4 rings (SSSR count). The minimum Gasteiger partial charge on any atom is -0.343 e. The van der Waals surface area contributed by atoms with Gasteiger partial charge in [0.2, 0.25) is 0 Å². The SMILES string of the molecule is CCC(C)Sc1nc2c(c(=O)[nH]1)C(c1cccc([N+](=O)[O-])c1)C1=C(CCCC1=O)N2. The molecule has 2 aromatic rings. The summed E-state index contributed by atoms with van der Waals surface area (Å²) in [5.41, 5.74) is 1.74. The van der Waals surface area contributed by atoms with Gasteiger partial charge < -0.3 is 10.3 Å². The Morgan fingerprint density at radius 1 is 1.33 bits per heavy atom. The summed E-state index contributed by atoms with van der Waals surface area (Å²) in [6, 6.07) is 6.14. The maximum Gasteiger partial charge on any atom is 0.269 e. The van der Waals surface area contributed by atoms with Crippen LogP contribution in [-0.2, 0) is 4.79 Å². The predicted molar refractivity (Wildman–Crippen MR) is 115 cm³/mol. The second kappa shape index (κ2) is 8.06. The number of hydrogen-bond acceptors (Lipinski definition) is 7. The lowest BCUT2D eigenvalue weighted by Gasteiger charge is -2.32. The van der Waals surface area contributed by atoms with E-state index in [1.807, 2.05) is 0 Å². The standard InChI is InChI=1S/C21H22N4O4S/c1-3-11(2)30-21-23-19-18(20(27)24-21)16(12-6-4-7-13(10-12)25(28)29)17-14(22-19)8-5-9-15(17)26/h4,6-7,10-11,16H,3,5,8-9H2,1-2H3,(H2,22,23,24,27). The number of non-ortho nitro benzene ring substituents is 1. The second-order valence-corrected chi connectivity index (χ2v) is 8.98.